The lowest BCUT2D eigenvalue weighted by molar-refractivity contribution is 0.470. The summed E-state index contributed by atoms with van der Waals surface area (Å²) in [4.78, 5) is 1.49. The van der Waals surface area contributed by atoms with Crippen LogP contribution in [0.5, 0.6) is 5.75 Å². The van der Waals surface area contributed by atoms with E-state index in [1.54, 1.807) is 25.1 Å². The molecule has 2 aromatic rings. The summed E-state index contributed by atoms with van der Waals surface area (Å²) in [5, 5.41) is 9.43. The zero-order chi connectivity index (χ0) is 12.4. The van der Waals surface area contributed by atoms with Crippen molar-refractivity contribution >= 4 is 10.8 Å². The smallest absolute Gasteiger partial charge is 0.118 e. The maximum atomic E-state index is 12.3. The van der Waals surface area contributed by atoms with E-state index in [9.17, 15) is 9.32 Å². The van der Waals surface area contributed by atoms with E-state index < -0.39 is 10.8 Å². The maximum Gasteiger partial charge on any atom is 0.118 e. The fourth-order valence-electron chi connectivity index (χ4n) is 1.54. The third kappa shape index (κ3) is 2.56. The molecule has 1 unspecified atom stereocenters. The highest BCUT2D eigenvalue weighted by atomic mass is 32.2. The minimum Gasteiger partial charge on any atom is -0.508 e. The van der Waals surface area contributed by atoms with Crippen LogP contribution < -0.4 is 0 Å². The van der Waals surface area contributed by atoms with Gasteiger partial charge in [-0.1, -0.05) is 17.7 Å². The van der Waals surface area contributed by atoms with Crippen LogP contribution in [-0.2, 0) is 10.8 Å². The van der Waals surface area contributed by atoms with Crippen molar-refractivity contribution in [3.05, 3.63) is 53.6 Å². The van der Waals surface area contributed by atoms with Crippen LogP contribution in [0.4, 0.5) is 0 Å². The largest absolute Gasteiger partial charge is 0.508 e. The standard InChI is InChI=1S/C14H14O2S/c1-10-3-5-12(6-4-10)17(16)13-7-8-14(15)11(2)9-13/h3-9,15H,1-2H3. The van der Waals surface area contributed by atoms with Crippen LogP contribution in [0, 0.1) is 13.8 Å². The zero-order valence-electron chi connectivity index (χ0n) is 9.81. The molecule has 1 N–H and O–H groups in total. The lowest BCUT2D eigenvalue weighted by Gasteiger charge is -2.05. The molecule has 0 radical (unpaired) electrons. The first-order valence-electron chi connectivity index (χ1n) is 5.36. The molecule has 0 fully saturated rings. The van der Waals surface area contributed by atoms with Gasteiger partial charge in [0, 0.05) is 9.79 Å². The summed E-state index contributed by atoms with van der Waals surface area (Å²) in [6, 6.07) is 12.7. The Balaban J connectivity index is 2.37. The summed E-state index contributed by atoms with van der Waals surface area (Å²) < 4.78 is 12.3. The molecule has 0 amide bonds. The Morgan fingerprint density at radius 2 is 1.53 bits per heavy atom. The molecule has 3 heteroatoms. The molecule has 0 saturated carbocycles. The van der Waals surface area contributed by atoms with Crippen LogP contribution in [0.1, 0.15) is 11.1 Å². The number of benzene rings is 2. The van der Waals surface area contributed by atoms with Gasteiger partial charge >= 0.3 is 0 Å². The van der Waals surface area contributed by atoms with Crippen molar-refractivity contribution in [3.63, 3.8) is 0 Å². The van der Waals surface area contributed by atoms with Crippen molar-refractivity contribution in [1.82, 2.24) is 0 Å². The number of phenols is 1. The van der Waals surface area contributed by atoms with Crippen LogP contribution in [0.2, 0.25) is 0 Å². The molecule has 0 bridgehead atoms. The van der Waals surface area contributed by atoms with Crippen molar-refractivity contribution in [2.75, 3.05) is 0 Å². The van der Waals surface area contributed by atoms with Crippen molar-refractivity contribution in [3.8, 4) is 5.75 Å². The quantitative estimate of drug-likeness (QED) is 0.883. The molecule has 17 heavy (non-hydrogen) atoms. The predicted octanol–water partition coefficient (Wildman–Crippen LogP) is 3.18. The molecule has 0 aliphatic carbocycles. The Morgan fingerprint density at radius 3 is 2.12 bits per heavy atom. The maximum absolute atomic E-state index is 12.3. The molecule has 2 aromatic carbocycles. The van der Waals surface area contributed by atoms with E-state index in [-0.39, 0.29) is 5.75 Å². The van der Waals surface area contributed by atoms with Crippen molar-refractivity contribution < 1.29 is 9.32 Å². The highest BCUT2D eigenvalue weighted by molar-refractivity contribution is 7.85. The van der Waals surface area contributed by atoms with Gasteiger partial charge in [-0.3, -0.25) is 0 Å². The average Bonchev–Trinajstić information content (AvgIpc) is 2.33. The van der Waals surface area contributed by atoms with E-state index in [0.717, 1.165) is 16.0 Å². The lowest BCUT2D eigenvalue weighted by Crippen LogP contribution is -1.93. The molecule has 1 atom stereocenters. The normalized spacial score (nSPS) is 12.4. The van der Waals surface area contributed by atoms with Crippen molar-refractivity contribution in [2.24, 2.45) is 0 Å². The molecular weight excluding hydrogens is 232 g/mol. The van der Waals surface area contributed by atoms with Crippen LogP contribution >= 0.6 is 0 Å². The highest BCUT2D eigenvalue weighted by Crippen LogP contribution is 2.22. The molecule has 0 spiro atoms. The molecule has 0 aliphatic heterocycles. The van der Waals surface area contributed by atoms with E-state index in [0.29, 0.717) is 4.90 Å². The lowest BCUT2D eigenvalue weighted by atomic mass is 10.2. The number of aryl methyl sites for hydroxylation is 2. The molecule has 0 saturated heterocycles. The van der Waals surface area contributed by atoms with Crippen LogP contribution in [0.15, 0.2) is 52.3 Å². The molecule has 0 aromatic heterocycles. The molecular formula is C14H14O2S. The summed E-state index contributed by atoms with van der Waals surface area (Å²) in [6.07, 6.45) is 0. The van der Waals surface area contributed by atoms with Gasteiger partial charge in [-0.2, -0.15) is 0 Å². The second kappa shape index (κ2) is 4.72. The van der Waals surface area contributed by atoms with E-state index in [4.69, 9.17) is 0 Å². The number of aromatic hydroxyl groups is 1. The van der Waals surface area contributed by atoms with Gasteiger partial charge in [0.2, 0.25) is 0 Å². The fraction of sp³-hybridized carbons (Fsp3) is 0.143. The Morgan fingerprint density at radius 1 is 0.941 bits per heavy atom. The van der Waals surface area contributed by atoms with Gasteiger partial charge in [0.1, 0.15) is 5.75 Å². The summed E-state index contributed by atoms with van der Waals surface area (Å²) in [6.45, 7) is 3.79. The number of phenolic OH excluding ortho intramolecular Hbond substituents is 1. The first-order chi connectivity index (χ1) is 8.08. The number of hydrogen-bond donors (Lipinski definition) is 1. The summed E-state index contributed by atoms with van der Waals surface area (Å²) >= 11 is 0. The van der Waals surface area contributed by atoms with Crippen LogP contribution in [0.3, 0.4) is 0 Å². The first-order valence-corrected chi connectivity index (χ1v) is 6.51. The Kier molecular flexibility index (Phi) is 3.29. The minimum atomic E-state index is -1.18. The van der Waals surface area contributed by atoms with Gasteiger partial charge in [-0.25, -0.2) is 4.21 Å². The summed E-state index contributed by atoms with van der Waals surface area (Å²) in [5.74, 6) is 0.231. The highest BCUT2D eigenvalue weighted by Gasteiger charge is 2.08. The monoisotopic (exact) mass is 246 g/mol. The van der Waals surface area contributed by atoms with Gasteiger partial charge in [0.05, 0.1) is 10.8 Å². The molecule has 2 nitrogen and oxygen atoms in total. The molecule has 2 rings (SSSR count). The minimum absolute atomic E-state index is 0.231. The number of rotatable bonds is 2. The van der Waals surface area contributed by atoms with Crippen LogP contribution in [-0.4, -0.2) is 9.32 Å². The topological polar surface area (TPSA) is 37.3 Å². The Labute approximate surface area is 103 Å². The van der Waals surface area contributed by atoms with Gasteiger partial charge in [-0.15, -0.1) is 0 Å². The van der Waals surface area contributed by atoms with Gasteiger partial charge in [0.25, 0.3) is 0 Å². The summed E-state index contributed by atoms with van der Waals surface area (Å²) in [7, 11) is -1.18. The molecule has 0 aliphatic rings. The zero-order valence-corrected chi connectivity index (χ0v) is 10.6. The van der Waals surface area contributed by atoms with Crippen molar-refractivity contribution in [1.29, 1.82) is 0 Å². The average molecular weight is 246 g/mol. The Bertz CT molecular complexity index is 559. The summed E-state index contributed by atoms with van der Waals surface area (Å²) in [5.41, 5.74) is 1.88. The van der Waals surface area contributed by atoms with Gasteiger partial charge in [-0.05, 0) is 49.7 Å². The van der Waals surface area contributed by atoms with Gasteiger partial charge in [0.15, 0.2) is 0 Å². The number of hydrogen-bond acceptors (Lipinski definition) is 2. The SMILES string of the molecule is Cc1ccc(S(=O)c2ccc(O)c(C)c2)cc1. The second-order valence-corrected chi connectivity index (χ2v) is 5.51. The first kappa shape index (κ1) is 11.9. The Hall–Kier alpha value is -1.61. The van der Waals surface area contributed by atoms with E-state index in [2.05, 4.69) is 0 Å². The third-order valence-electron chi connectivity index (χ3n) is 2.62. The molecule has 0 heterocycles. The predicted molar refractivity (Wildman–Crippen MR) is 68.7 cm³/mol. The van der Waals surface area contributed by atoms with E-state index >= 15 is 0 Å². The van der Waals surface area contributed by atoms with Crippen molar-refractivity contribution in [2.45, 2.75) is 23.6 Å². The van der Waals surface area contributed by atoms with Crippen LogP contribution in [0.25, 0.3) is 0 Å². The van der Waals surface area contributed by atoms with Gasteiger partial charge < -0.3 is 5.11 Å². The third-order valence-corrected chi connectivity index (χ3v) is 4.00. The fourth-order valence-corrected chi connectivity index (χ4v) is 2.67. The van der Waals surface area contributed by atoms with E-state index in [1.807, 2.05) is 31.2 Å². The second-order valence-electron chi connectivity index (χ2n) is 4.03. The molecule has 88 valence electrons. The van der Waals surface area contributed by atoms with E-state index in [1.165, 1.54) is 0 Å².